The first-order chi connectivity index (χ1) is 22.8. The third-order valence-electron chi connectivity index (χ3n) is 9.51. The Kier molecular flexibility index (Phi) is 5.28. The fourth-order valence-corrected chi connectivity index (χ4v) is 7.40. The van der Waals surface area contributed by atoms with E-state index in [-0.39, 0.29) is 0 Å². The highest BCUT2D eigenvalue weighted by Crippen LogP contribution is 2.44. The monoisotopic (exact) mass is 583 g/mol. The van der Waals surface area contributed by atoms with Crippen LogP contribution >= 0.6 is 0 Å². The van der Waals surface area contributed by atoms with Gasteiger partial charge < -0.3 is 0 Å². The van der Waals surface area contributed by atoms with E-state index in [0.717, 1.165) is 33.8 Å². The molecule has 0 aliphatic carbocycles. The summed E-state index contributed by atoms with van der Waals surface area (Å²) in [5.41, 5.74) is 5.83. The van der Waals surface area contributed by atoms with Gasteiger partial charge in [-0.25, -0.2) is 0 Å². The van der Waals surface area contributed by atoms with Gasteiger partial charge in [0.1, 0.15) is 0 Å². The molecule has 7 aromatic carbocycles. The van der Waals surface area contributed by atoms with E-state index in [0.29, 0.717) is 0 Å². The van der Waals surface area contributed by atoms with Crippen molar-refractivity contribution in [1.82, 2.24) is 15.0 Å². The summed E-state index contributed by atoms with van der Waals surface area (Å²) in [5, 5.41) is 15.3. The molecule has 0 spiro atoms. The minimum Gasteiger partial charge on any atom is -0.256 e. The summed E-state index contributed by atoms with van der Waals surface area (Å²) in [7, 11) is 0. The van der Waals surface area contributed by atoms with Crippen LogP contribution in [0, 0.1) is 0 Å². The maximum atomic E-state index is 4.99. The average Bonchev–Trinajstić information content (AvgIpc) is 3.13. The summed E-state index contributed by atoms with van der Waals surface area (Å²) in [6.07, 6.45) is 5.64. The molecule has 10 aromatic rings. The van der Waals surface area contributed by atoms with E-state index < -0.39 is 0 Å². The van der Waals surface area contributed by atoms with Crippen LogP contribution in [0.15, 0.2) is 152 Å². The Morgan fingerprint density at radius 1 is 0.304 bits per heavy atom. The first-order valence-corrected chi connectivity index (χ1v) is 15.6. The van der Waals surface area contributed by atoms with Gasteiger partial charge in [-0.3, -0.25) is 15.0 Å². The lowest BCUT2D eigenvalue weighted by Crippen LogP contribution is -1.91. The zero-order chi connectivity index (χ0) is 30.2. The second-order valence-corrected chi connectivity index (χ2v) is 12.0. The highest BCUT2D eigenvalue weighted by atomic mass is 14.8. The van der Waals surface area contributed by atoms with Crippen LogP contribution in [-0.4, -0.2) is 15.0 Å². The maximum absolute atomic E-state index is 4.99. The number of nitrogens with zero attached hydrogens (tertiary/aromatic N) is 3. The van der Waals surface area contributed by atoms with Gasteiger partial charge in [0.25, 0.3) is 0 Å². The molecular formula is C43H25N3. The lowest BCUT2D eigenvalue weighted by atomic mass is 9.87. The van der Waals surface area contributed by atoms with Crippen molar-refractivity contribution in [3.05, 3.63) is 152 Å². The largest absolute Gasteiger partial charge is 0.256 e. The Balaban J connectivity index is 1.21. The minimum atomic E-state index is 0.856. The third-order valence-corrected chi connectivity index (χ3v) is 9.51. The molecule has 3 heteroatoms. The number of pyridine rings is 3. The van der Waals surface area contributed by atoms with Gasteiger partial charge in [0.2, 0.25) is 0 Å². The summed E-state index contributed by atoms with van der Waals surface area (Å²) in [4.78, 5) is 14.1. The molecule has 0 saturated carbocycles. The molecule has 0 atom stereocenters. The summed E-state index contributed by atoms with van der Waals surface area (Å²) in [5.74, 6) is 0. The highest BCUT2D eigenvalue weighted by Gasteiger charge is 2.16. The maximum Gasteiger partial charge on any atom is 0.0886 e. The number of hydrogen-bond acceptors (Lipinski definition) is 3. The molecule has 0 radical (unpaired) electrons. The zero-order valence-electron chi connectivity index (χ0n) is 24.8. The normalized spacial score (nSPS) is 11.9. The van der Waals surface area contributed by atoms with Crippen LogP contribution < -0.4 is 0 Å². The van der Waals surface area contributed by atoms with Crippen LogP contribution in [0.4, 0.5) is 0 Å². The number of aromatic nitrogens is 3. The number of rotatable bonds is 3. The van der Waals surface area contributed by atoms with E-state index >= 15 is 0 Å². The van der Waals surface area contributed by atoms with Gasteiger partial charge in [0.15, 0.2) is 0 Å². The van der Waals surface area contributed by atoms with Crippen molar-refractivity contribution in [2.24, 2.45) is 0 Å². The molecule has 0 saturated heterocycles. The molecule has 0 aliphatic heterocycles. The summed E-state index contributed by atoms with van der Waals surface area (Å²) in [6.45, 7) is 0. The molecule has 0 aliphatic rings. The Morgan fingerprint density at radius 3 is 1.37 bits per heavy atom. The van der Waals surface area contributed by atoms with E-state index in [1.807, 2.05) is 36.7 Å². The molecule has 0 amide bonds. The third kappa shape index (κ3) is 3.69. The summed E-state index contributed by atoms with van der Waals surface area (Å²) >= 11 is 0. The first kappa shape index (κ1) is 25.2. The highest BCUT2D eigenvalue weighted by molar-refractivity contribution is 6.37. The van der Waals surface area contributed by atoms with Crippen molar-refractivity contribution in [2.45, 2.75) is 0 Å². The van der Waals surface area contributed by atoms with E-state index in [2.05, 4.69) is 119 Å². The first-order valence-electron chi connectivity index (χ1n) is 15.6. The molecule has 3 heterocycles. The van der Waals surface area contributed by atoms with Crippen molar-refractivity contribution in [3.8, 4) is 33.8 Å². The fourth-order valence-electron chi connectivity index (χ4n) is 7.40. The van der Waals surface area contributed by atoms with Crippen LogP contribution in [0.25, 0.3) is 98.4 Å². The van der Waals surface area contributed by atoms with Crippen molar-refractivity contribution in [2.75, 3.05) is 0 Å². The van der Waals surface area contributed by atoms with Crippen molar-refractivity contribution in [3.63, 3.8) is 0 Å². The van der Waals surface area contributed by atoms with Crippen molar-refractivity contribution < 1.29 is 0 Å². The summed E-state index contributed by atoms with van der Waals surface area (Å²) < 4.78 is 0. The van der Waals surface area contributed by atoms with E-state index in [4.69, 9.17) is 4.98 Å². The quantitative estimate of drug-likeness (QED) is 0.194. The van der Waals surface area contributed by atoms with Gasteiger partial charge >= 0.3 is 0 Å². The standard InChI is InChI=1S/C43H25N3/c1-2-21-44-38(12-1)39-20-18-31(25-46-39)30-17-19-37(45-24-30)32-22-29-16-15-28-7-4-10-34-33-9-3-6-26-13-14-27-8-5-11-35(42(27)40(26)33)36(23-32)43(29)41(28)34/h1-25H. The lowest BCUT2D eigenvalue weighted by molar-refractivity contribution is 1.24. The van der Waals surface area contributed by atoms with Gasteiger partial charge in [-0.05, 0) is 101 Å². The zero-order valence-corrected chi connectivity index (χ0v) is 24.8. The van der Waals surface area contributed by atoms with Crippen LogP contribution in [0.2, 0.25) is 0 Å². The number of fused-ring (bicyclic) bond motifs is 2. The predicted molar refractivity (Wildman–Crippen MR) is 192 cm³/mol. The molecule has 0 unspecified atom stereocenters. The molecule has 212 valence electrons. The Labute approximate surface area is 264 Å². The van der Waals surface area contributed by atoms with E-state index in [1.54, 1.807) is 6.20 Å². The Bertz CT molecular complexity index is 2760. The van der Waals surface area contributed by atoms with E-state index in [9.17, 15) is 0 Å². The Morgan fingerprint density at radius 2 is 0.826 bits per heavy atom. The fraction of sp³-hybridized carbons (Fsp3) is 0. The smallest absolute Gasteiger partial charge is 0.0886 e. The second kappa shape index (κ2) is 9.65. The van der Waals surface area contributed by atoms with E-state index in [1.165, 1.54) is 64.6 Å². The molecule has 3 nitrogen and oxygen atoms in total. The van der Waals surface area contributed by atoms with Gasteiger partial charge in [-0.2, -0.15) is 0 Å². The second-order valence-electron chi connectivity index (χ2n) is 12.0. The molecule has 3 aromatic heterocycles. The average molecular weight is 584 g/mol. The molecule has 0 fully saturated rings. The van der Waals surface area contributed by atoms with Gasteiger partial charge in [0, 0.05) is 35.3 Å². The SMILES string of the molecule is c1ccc(-c2ccc(-c3ccc(-c4cc5ccc6cccc7c8cccc9ccc%10cccc(c(c4)c5c67)c%10c98)nc3)cn2)nc1. The molecule has 0 N–H and O–H groups in total. The van der Waals surface area contributed by atoms with Crippen molar-refractivity contribution in [1.29, 1.82) is 0 Å². The van der Waals surface area contributed by atoms with Crippen LogP contribution in [0.1, 0.15) is 0 Å². The Hall–Kier alpha value is -6.19. The predicted octanol–water partition coefficient (Wildman–Crippen LogP) is 11.2. The topological polar surface area (TPSA) is 38.7 Å². The van der Waals surface area contributed by atoms with Gasteiger partial charge in [-0.1, -0.05) is 97.1 Å². The van der Waals surface area contributed by atoms with Crippen molar-refractivity contribution >= 4 is 64.6 Å². The minimum absolute atomic E-state index is 0.856. The molecule has 0 bridgehead atoms. The van der Waals surface area contributed by atoms with Gasteiger partial charge in [0.05, 0.1) is 17.1 Å². The van der Waals surface area contributed by atoms with Crippen LogP contribution in [0.3, 0.4) is 0 Å². The molecular weight excluding hydrogens is 558 g/mol. The summed E-state index contributed by atoms with van der Waals surface area (Å²) in [6, 6.07) is 48.1. The van der Waals surface area contributed by atoms with Gasteiger partial charge in [-0.15, -0.1) is 0 Å². The van der Waals surface area contributed by atoms with Crippen LogP contribution in [-0.2, 0) is 0 Å². The number of benzene rings is 6. The molecule has 46 heavy (non-hydrogen) atoms. The number of hydrogen-bond donors (Lipinski definition) is 0. The lowest BCUT2D eigenvalue weighted by Gasteiger charge is -2.17. The van der Waals surface area contributed by atoms with Crippen LogP contribution in [0.5, 0.6) is 0 Å². The molecule has 10 rings (SSSR count).